The van der Waals surface area contributed by atoms with Gasteiger partial charge in [-0.25, -0.2) is 4.79 Å². The Morgan fingerprint density at radius 2 is 2.21 bits per heavy atom. The smallest absolute Gasteiger partial charge is 0.338 e. The van der Waals surface area contributed by atoms with Crippen LogP contribution >= 0.6 is 0 Å². The van der Waals surface area contributed by atoms with Crippen LogP contribution in [0, 0.1) is 0 Å². The Bertz CT molecular complexity index is 393. The van der Waals surface area contributed by atoms with Crippen LogP contribution in [0.3, 0.4) is 0 Å². The number of benzene rings is 1. The molecule has 3 heteroatoms. The van der Waals surface area contributed by atoms with Crippen molar-refractivity contribution in [1.82, 2.24) is 0 Å². The van der Waals surface area contributed by atoms with E-state index in [-0.39, 0.29) is 5.97 Å². The first-order chi connectivity index (χ1) is 6.83. The van der Waals surface area contributed by atoms with Crippen LogP contribution in [0.5, 0.6) is 5.75 Å². The maximum Gasteiger partial charge on any atom is 0.338 e. The maximum absolute atomic E-state index is 11.4. The molecule has 0 bridgehead atoms. The Morgan fingerprint density at radius 1 is 1.43 bits per heavy atom. The van der Waals surface area contributed by atoms with E-state index in [0.29, 0.717) is 12.2 Å². The largest absolute Gasteiger partial charge is 0.489 e. The molecule has 1 aromatic carbocycles. The molecule has 1 aromatic rings. The van der Waals surface area contributed by atoms with Crippen molar-refractivity contribution >= 4 is 11.5 Å². The van der Waals surface area contributed by atoms with Crippen molar-refractivity contribution in [3.8, 4) is 5.75 Å². The highest BCUT2D eigenvalue weighted by Gasteiger charge is 2.19. The van der Waals surface area contributed by atoms with Gasteiger partial charge in [0.25, 0.3) is 0 Å². The standard InChI is InChI=1S/C11H10O3/c1-13-11(12)9-6-7-14-10-5-3-2-4-8(9)10/h2-6H,7H2,1H3. The minimum absolute atomic E-state index is 0.319. The molecule has 0 radical (unpaired) electrons. The van der Waals surface area contributed by atoms with Gasteiger partial charge in [0, 0.05) is 5.56 Å². The van der Waals surface area contributed by atoms with Gasteiger partial charge in [0.1, 0.15) is 12.4 Å². The minimum Gasteiger partial charge on any atom is -0.489 e. The van der Waals surface area contributed by atoms with Crippen LogP contribution in [-0.4, -0.2) is 19.7 Å². The number of methoxy groups -OCH3 is 1. The molecule has 0 unspecified atom stereocenters. The average molecular weight is 190 g/mol. The molecule has 0 saturated carbocycles. The molecule has 0 fully saturated rings. The van der Waals surface area contributed by atoms with Crippen molar-refractivity contribution in [3.63, 3.8) is 0 Å². The lowest BCUT2D eigenvalue weighted by Gasteiger charge is -2.16. The van der Waals surface area contributed by atoms with Crippen LogP contribution < -0.4 is 4.74 Å². The predicted octanol–water partition coefficient (Wildman–Crippen LogP) is 1.64. The van der Waals surface area contributed by atoms with E-state index in [2.05, 4.69) is 4.74 Å². The fraction of sp³-hybridized carbons (Fsp3) is 0.182. The lowest BCUT2D eigenvalue weighted by molar-refractivity contribution is -0.133. The van der Waals surface area contributed by atoms with Gasteiger partial charge in [-0.15, -0.1) is 0 Å². The highest BCUT2D eigenvalue weighted by atomic mass is 16.5. The quantitative estimate of drug-likeness (QED) is 0.631. The van der Waals surface area contributed by atoms with E-state index in [9.17, 15) is 4.79 Å². The van der Waals surface area contributed by atoms with E-state index in [0.717, 1.165) is 11.3 Å². The number of ether oxygens (including phenoxy) is 2. The van der Waals surface area contributed by atoms with E-state index in [1.54, 1.807) is 6.08 Å². The van der Waals surface area contributed by atoms with Crippen LogP contribution in [0.15, 0.2) is 30.3 Å². The van der Waals surface area contributed by atoms with E-state index in [1.807, 2.05) is 24.3 Å². The van der Waals surface area contributed by atoms with Gasteiger partial charge in [-0.1, -0.05) is 18.2 Å². The molecule has 14 heavy (non-hydrogen) atoms. The molecule has 0 aliphatic carbocycles. The van der Waals surface area contributed by atoms with Gasteiger partial charge in [-0.05, 0) is 12.1 Å². The van der Waals surface area contributed by atoms with Crippen LogP contribution in [0.4, 0.5) is 0 Å². The number of para-hydroxylation sites is 1. The Morgan fingerprint density at radius 3 is 3.00 bits per heavy atom. The molecule has 1 aliphatic rings. The van der Waals surface area contributed by atoms with Crippen molar-refractivity contribution in [2.24, 2.45) is 0 Å². The Hall–Kier alpha value is -1.77. The van der Waals surface area contributed by atoms with E-state index in [1.165, 1.54) is 7.11 Å². The third-order valence-electron chi connectivity index (χ3n) is 2.11. The summed E-state index contributed by atoms with van der Waals surface area (Å²) in [5.41, 5.74) is 1.37. The van der Waals surface area contributed by atoms with Gasteiger partial charge in [-0.3, -0.25) is 0 Å². The first-order valence-electron chi connectivity index (χ1n) is 4.33. The van der Waals surface area contributed by atoms with Crippen molar-refractivity contribution in [1.29, 1.82) is 0 Å². The summed E-state index contributed by atoms with van der Waals surface area (Å²) in [5, 5.41) is 0. The normalized spacial score (nSPS) is 13.6. The van der Waals surface area contributed by atoms with Crippen LogP contribution in [0.2, 0.25) is 0 Å². The summed E-state index contributed by atoms with van der Waals surface area (Å²) in [6.45, 7) is 0.418. The van der Waals surface area contributed by atoms with Crippen LogP contribution in [0.25, 0.3) is 5.57 Å². The topological polar surface area (TPSA) is 35.5 Å². The Balaban J connectivity index is 2.45. The van der Waals surface area contributed by atoms with Gasteiger partial charge in [0.05, 0.1) is 12.7 Å². The number of hydrogen-bond acceptors (Lipinski definition) is 3. The number of carbonyl (C=O) groups excluding carboxylic acids is 1. The SMILES string of the molecule is COC(=O)C1=CCOc2ccccc21. The van der Waals surface area contributed by atoms with Gasteiger partial charge >= 0.3 is 5.97 Å². The van der Waals surface area contributed by atoms with E-state index < -0.39 is 0 Å². The van der Waals surface area contributed by atoms with Crippen LogP contribution in [0.1, 0.15) is 5.56 Å². The van der Waals surface area contributed by atoms with E-state index >= 15 is 0 Å². The molecule has 0 atom stereocenters. The first-order valence-corrected chi connectivity index (χ1v) is 4.33. The molecule has 72 valence electrons. The summed E-state index contributed by atoms with van der Waals surface area (Å²) in [4.78, 5) is 11.4. The van der Waals surface area contributed by atoms with Crippen molar-refractivity contribution in [2.45, 2.75) is 0 Å². The lowest BCUT2D eigenvalue weighted by atomic mass is 10.0. The summed E-state index contributed by atoms with van der Waals surface area (Å²) in [6.07, 6.45) is 1.73. The summed E-state index contributed by atoms with van der Waals surface area (Å²) < 4.78 is 10.0. The summed E-state index contributed by atoms with van der Waals surface area (Å²) >= 11 is 0. The lowest BCUT2D eigenvalue weighted by Crippen LogP contribution is -2.11. The fourth-order valence-electron chi connectivity index (χ4n) is 1.44. The van der Waals surface area contributed by atoms with E-state index in [4.69, 9.17) is 4.74 Å². The Labute approximate surface area is 81.9 Å². The minimum atomic E-state index is -0.319. The highest BCUT2D eigenvalue weighted by Crippen LogP contribution is 2.29. The van der Waals surface area contributed by atoms with Crippen molar-refractivity contribution in [2.75, 3.05) is 13.7 Å². The second-order valence-corrected chi connectivity index (χ2v) is 2.92. The van der Waals surface area contributed by atoms with Crippen LogP contribution in [-0.2, 0) is 9.53 Å². The third-order valence-corrected chi connectivity index (χ3v) is 2.11. The number of fused-ring (bicyclic) bond motifs is 1. The molecule has 3 nitrogen and oxygen atoms in total. The fourth-order valence-corrected chi connectivity index (χ4v) is 1.44. The molecule has 2 rings (SSSR count). The molecule has 0 spiro atoms. The van der Waals surface area contributed by atoms with Crippen molar-refractivity contribution in [3.05, 3.63) is 35.9 Å². The molecule has 1 aliphatic heterocycles. The summed E-state index contributed by atoms with van der Waals surface area (Å²) in [6, 6.07) is 7.42. The zero-order valence-electron chi connectivity index (χ0n) is 7.82. The van der Waals surface area contributed by atoms with Gasteiger partial charge < -0.3 is 9.47 Å². The van der Waals surface area contributed by atoms with Crippen molar-refractivity contribution < 1.29 is 14.3 Å². The zero-order valence-corrected chi connectivity index (χ0v) is 7.82. The number of rotatable bonds is 1. The molecule has 0 saturated heterocycles. The number of carbonyl (C=O) groups is 1. The highest BCUT2D eigenvalue weighted by molar-refractivity contribution is 6.17. The third kappa shape index (κ3) is 1.37. The summed E-state index contributed by atoms with van der Waals surface area (Å²) in [5.74, 6) is 0.413. The molecule has 1 heterocycles. The molecular weight excluding hydrogens is 180 g/mol. The maximum atomic E-state index is 11.4. The molecular formula is C11H10O3. The van der Waals surface area contributed by atoms with Gasteiger partial charge in [0.2, 0.25) is 0 Å². The Kier molecular flexibility index (Phi) is 2.23. The van der Waals surface area contributed by atoms with Gasteiger partial charge in [-0.2, -0.15) is 0 Å². The predicted molar refractivity (Wildman–Crippen MR) is 51.9 cm³/mol. The zero-order chi connectivity index (χ0) is 9.97. The number of esters is 1. The second kappa shape index (κ2) is 3.54. The average Bonchev–Trinajstić information content (AvgIpc) is 2.27. The molecule has 0 amide bonds. The monoisotopic (exact) mass is 190 g/mol. The first kappa shape index (κ1) is 8.81. The molecule has 0 N–H and O–H groups in total. The number of hydrogen-bond donors (Lipinski definition) is 0. The summed E-state index contributed by atoms with van der Waals surface area (Å²) in [7, 11) is 1.38. The molecule has 0 aromatic heterocycles. The second-order valence-electron chi connectivity index (χ2n) is 2.92. The van der Waals surface area contributed by atoms with Gasteiger partial charge in [0.15, 0.2) is 0 Å².